The number of unbranched alkanes of at least 4 members (excludes halogenated alkanes) is 2. The van der Waals surface area contributed by atoms with Gasteiger partial charge < -0.3 is 10.1 Å². The zero-order chi connectivity index (χ0) is 19.0. The molecule has 0 radical (unpaired) electrons. The number of nitrogens with one attached hydrogen (secondary N) is 2. The Bertz CT molecular complexity index is 833. The van der Waals surface area contributed by atoms with Gasteiger partial charge in [-0.3, -0.25) is 4.79 Å². The van der Waals surface area contributed by atoms with Gasteiger partial charge in [-0.25, -0.2) is 13.1 Å². The van der Waals surface area contributed by atoms with Crippen LogP contribution in [-0.2, 0) is 10.0 Å². The Balaban J connectivity index is 2.02. The molecule has 2 aromatic rings. The van der Waals surface area contributed by atoms with E-state index in [0.717, 1.165) is 19.3 Å². The first-order valence-corrected chi connectivity index (χ1v) is 9.99. The number of ether oxygens (including phenoxy) is 1. The van der Waals surface area contributed by atoms with Crippen molar-refractivity contribution in [2.45, 2.75) is 31.1 Å². The summed E-state index contributed by atoms with van der Waals surface area (Å²) in [5.41, 5.74) is 0.974. The van der Waals surface area contributed by atoms with Gasteiger partial charge in [0.2, 0.25) is 10.0 Å². The van der Waals surface area contributed by atoms with Crippen LogP contribution in [-0.4, -0.2) is 28.0 Å². The first kappa shape index (κ1) is 19.9. The molecule has 2 aromatic carbocycles. The van der Waals surface area contributed by atoms with Gasteiger partial charge in [0.25, 0.3) is 5.91 Å². The number of benzene rings is 2. The highest BCUT2D eigenvalue weighted by Crippen LogP contribution is 2.18. The summed E-state index contributed by atoms with van der Waals surface area (Å²) in [7, 11) is -2.00. The van der Waals surface area contributed by atoms with E-state index in [4.69, 9.17) is 4.74 Å². The molecular weight excluding hydrogens is 352 g/mol. The number of amides is 1. The lowest BCUT2D eigenvalue weighted by Gasteiger charge is -2.09. The molecule has 0 saturated carbocycles. The van der Waals surface area contributed by atoms with Crippen molar-refractivity contribution < 1.29 is 17.9 Å². The molecule has 0 unspecified atom stereocenters. The molecule has 140 valence electrons. The van der Waals surface area contributed by atoms with Crippen molar-refractivity contribution in [1.82, 2.24) is 4.72 Å². The number of hydrogen-bond acceptors (Lipinski definition) is 4. The van der Waals surface area contributed by atoms with E-state index in [0.29, 0.717) is 23.5 Å². The van der Waals surface area contributed by atoms with Crippen molar-refractivity contribution in [3.63, 3.8) is 0 Å². The van der Waals surface area contributed by atoms with Crippen LogP contribution in [0.4, 0.5) is 5.69 Å². The average molecular weight is 376 g/mol. The zero-order valence-corrected chi connectivity index (χ0v) is 15.8. The summed E-state index contributed by atoms with van der Waals surface area (Å²) in [5.74, 6) is 0.316. The lowest BCUT2D eigenvalue weighted by molar-refractivity contribution is 0.102. The minimum absolute atomic E-state index is 0.145. The third kappa shape index (κ3) is 5.57. The van der Waals surface area contributed by atoms with E-state index in [1.165, 1.54) is 24.3 Å². The Hall–Kier alpha value is -2.38. The zero-order valence-electron chi connectivity index (χ0n) is 15.0. The molecule has 6 nitrogen and oxygen atoms in total. The number of sulfonamides is 1. The maximum Gasteiger partial charge on any atom is 0.255 e. The van der Waals surface area contributed by atoms with Gasteiger partial charge in [0.05, 0.1) is 12.0 Å². The van der Waals surface area contributed by atoms with Crippen LogP contribution >= 0.6 is 0 Å². The molecule has 0 saturated heterocycles. The fourth-order valence-corrected chi connectivity index (χ4v) is 3.43. The lowest BCUT2D eigenvalue weighted by Crippen LogP contribution is -2.24. The SMILES string of the molecule is CCCCCNS(=O)(=O)c1ccc(C(=O)Nc2cccc(OC)c2)cc1. The summed E-state index contributed by atoms with van der Waals surface area (Å²) in [6, 6.07) is 12.9. The summed E-state index contributed by atoms with van der Waals surface area (Å²) in [5, 5.41) is 2.76. The molecule has 2 N–H and O–H groups in total. The second kappa shape index (κ2) is 9.35. The smallest absolute Gasteiger partial charge is 0.255 e. The van der Waals surface area contributed by atoms with Crippen LogP contribution in [0.5, 0.6) is 5.75 Å². The van der Waals surface area contributed by atoms with Crippen molar-refractivity contribution in [2.24, 2.45) is 0 Å². The Morgan fingerprint density at radius 3 is 2.46 bits per heavy atom. The van der Waals surface area contributed by atoms with E-state index >= 15 is 0 Å². The maximum atomic E-state index is 12.3. The Kier molecular flexibility index (Phi) is 7.17. The quantitative estimate of drug-likeness (QED) is 0.657. The second-order valence-electron chi connectivity index (χ2n) is 5.82. The van der Waals surface area contributed by atoms with Crippen molar-refractivity contribution in [3.05, 3.63) is 54.1 Å². The summed E-state index contributed by atoms with van der Waals surface area (Å²) in [6.45, 7) is 2.47. The van der Waals surface area contributed by atoms with Gasteiger partial charge in [-0.1, -0.05) is 25.8 Å². The number of carbonyl (C=O) groups is 1. The van der Waals surface area contributed by atoms with Crippen LogP contribution in [0.15, 0.2) is 53.4 Å². The normalized spacial score (nSPS) is 11.2. The number of methoxy groups -OCH3 is 1. The van der Waals surface area contributed by atoms with Gasteiger partial charge in [-0.15, -0.1) is 0 Å². The molecule has 0 spiro atoms. The van der Waals surface area contributed by atoms with E-state index < -0.39 is 10.0 Å². The molecule has 0 aromatic heterocycles. The number of hydrogen-bond donors (Lipinski definition) is 2. The number of anilines is 1. The third-order valence-electron chi connectivity index (χ3n) is 3.83. The predicted molar refractivity (Wildman–Crippen MR) is 102 cm³/mol. The standard InChI is InChI=1S/C19H24N2O4S/c1-3-4-5-13-20-26(23,24)18-11-9-15(10-12-18)19(22)21-16-7-6-8-17(14-16)25-2/h6-12,14,20H,3-5,13H2,1-2H3,(H,21,22). The van der Waals surface area contributed by atoms with E-state index in [-0.39, 0.29) is 10.8 Å². The van der Waals surface area contributed by atoms with Gasteiger partial charge in [0, 0.05) is 23.9 Å². The first-order chi connectivity index (χ1) is 12.5. The van der Waals surface area contributed by atoms with E-state index in [1.54, 1.807) is 31.4 Å². The van der Waals surface area contributed by atoms with Crippen LogP contribution < -0.4 is 14.8 Å². The molecule has 0 heterocycles. The molecule has 0 atom stereocenters. The Labute approximate surface area is 154 Å². The highest BCUT2D eigenvalue weighted by molar-refractivity contribution is 7.89. The minimum Gasteiger partial charge on any atom is -0.497 e. The van der Waals surface area contributed by atoms with Crippen LogP contribution in [0.1, 0.15) is 36.5 Å². The Morgan fingerprint density at radius 2 is 1.81 bits per heavy atom. The maximum absolute atomic E-state index is 12.3. The van der Waals surface area contributed by atoms with Crippen LogP contribution in [0.25, 0.3) is 0 Å². The first-order valence-electron chi connectivity index (χ1n) is 8.51. The molecule has 0 aliphatic carbocycles. The van der Waals surface area contributed by atoms with E-state index in [1.807, 2.05) is 0 Å². The fraction of sp³-hybridized carbons (Fsp3) is 0.316. The van der Waals surface area contributed by atoms with Crippen molar-refractivity contribution in [1.29, 1.82) is 0 Å². The van der Waals surface area contributed by atoms with Gasteiger partial charge >= 0.3 is 0 Å². The molecule has 7 heteroatoms. The highest BCUT2D eigenvalue weighted by Gasteiger charge is 2.14. The summed E-state index contributed by atoms with van der Waals surface area (Å²) in [4.78, 5) is 12.4. The molecule has 2 rings (SSSR count). The largest absolute Gasteiger partial charge is 0.497 e. The molecule has 0 aliphatic heterocycles. The topological polar surface area (TPSA) is 84.5 Å². The Morgan fingerprint density at radius 1 is 1.08 bits per heavy atom. The molecule has 0 fully saturated rings. The summed E-state index contributed by atoms with van der Waals surface area (Å²) < 4.78 is 32.1. The second-order valence-corrected chi connectivity index (χ2v) is 7.58. The summed E-state index contributed by atoms with van der Waals surface area (Å²) in [6.07, 6.45) is 2.81. The lowest BCUT2D eigenvalue weighted by atomic mass is 10.2. The van der Waals surface area contributed by atoms with Crippen LogP contribution in [0, 0.1) is 0 Å². The van der Waals surface area contributed by atoms with Crippen molar-refractivity contribution >= 4 is 21.6 Å². The highest BCUT2D eigenvalue weighted by atomic mass is 32.2. The van der Waals surface area contributed by atoms with E-state index in [2.05, 4.69) is 17.0 Å². The van der Waals surface area contributed by atoms with Gasteiger partial charge in [-0.05, 0) is 42.8 Å². The predicted octanol–water partition coefficient (Wildman–Crippen LogP) is 3.42. The molecule has 1 amide bonds. The third-order valence-corrected chi connectivity index (χ3v) is 5.30. The summed E-state index contributed by atoms with van der Waals surface area (Å²) >= 11 is 0. The average Bonchev–Trinajstić information content (AvgIpc) is 2.65. The van der Waals surface area contributed by atoms with Gasteiger partial charge in [-0.2, -0.15) is 0 Å². The number of rotatable bonds is 9. The van der Waals surface area contributed by atoms with E-state index in [9.17, 15) is 13.2 Å². The fourth-order valence-electron chi connectivity index (χ4n) is 2.35. The van der Waals surface area contributed by atoms with Crippen molar-refractivity contribution in [2.75, 3.05) is 19.0 Å². The molecule has 0 bridgehead atoms. The van der Waals surface area contributed by atoms with Crippen LogP contribution in [0.2, 0.25) is 0 Å². The molecular formula is C19H24N2O4S. The number of carbonyl (C=O) groups excluding carboxylic acids is 1. The van der Waals surface area contributed by atoms with Crippen molar-refractivity contribution in [3.8, 4) is 5.75 Å². The monoisotopic (exact) mass is 376 g/mol. The van der Waals surface area contributed by atoms with Crippen LogP contribution in [0.3, 0.4) is 0 Å². The van der Waals surface area contributed by atoms with Gasteiger partial charge in [0.15, 0.2) is 0 Å². The minimum atomic E-state index is -3.55. The molecule has 26 heavy (non-hydrogen) atoms. The molecule has 0 aliphatic rings. The van der Waals surface area contributed by atoms with Gasteiger partial charge in [0.1, 0.15) is 5.75 Å².